The maximum Gasteiger partial charge on any atom is 0.274 e. The van der Waals surface area contributed by atoms with Crippen LogP contribution in [0.1, 0.15) is 53.3 Å². The van der Waals surface area contributed by atoms with Crippen molar-refractivity contribution in [2.24, 2.45) is 0 Å². The van der Waals surface area contributed by atoms with E-state index in [1.54, 1.807) is 18.3 Å². The first kappa shape index (κ1) is 22.4. The number of nitrogens with one attached hydrogen (secondary N) is 1. The molecule has 1 saturated heterocycles. The largest absolute Gasteiger partial charge is 0.457 e. The van der Waals surface area contributed by atoms with E-state index in [1.165, 1.54) is 13.1 Å². The molecule has 2 aromatic heterocycles. The molecule has 0 radical (unpaired) electrons. The predicted molar refractivity (Wildman–Crippen MR) is 124 cm³/mol. The highest BCUT2D eigenvalue weighted by atomic mass is 16.5. The van der Waals surface area contributed by atoms with Crippen LogP contribution in [-0.4, -0.2) is 44.8 Å². The zero-order valence-corrected chi connectivity index (χ0v) is 19.0. The van der Waals surface area contributed by atoms with Gasteiger partial charge in [0.2, 0.25) is 5.91 Å². The van der Waals surface area contributed by atoms with E-state index >= 15 is 0 Å². The molecule has 8 heteroatoms. The molecule has 1 aliphatic heterocycles. The summed E-state index contributed by atoms with van der Waals surface area (Å²) < 4.78 is 6.05. The third kappa shape index (κ3) is 5.71. The molecule has 3 aromatic rings. The summed E-state index contributed by atoms with van der Waals surface area (Å²) in [4.78, 5) is 39.1. The SMILES string of the molecule is CC(=O)Nc1ccc(Oc2cc(C)nc([C@@H]3CCCN(C(=O)c4cnc(C)cn4)C3)c2)cc1. The number of rotatable bonds is 5. The Hall–Kier alpha value is -3.81. The van der Waals surface area contributed by atoms with Crippen molar-refractivity contribution in [3.05, 3.63) is 71.6 Å². The second kappa shape index (κ2) is 9.77. The van der Waals surface area contributed by atoms with E-state index < -0.39 is 0 Å². The van der Waals surface area contributed by atoms with Gasteiger partial charge in [-0.1, -0.05) is 0 Å². The molecule has 3 heterocycles. The number of carbonyl (C=O) groups excluding carboxylic acids is 2. The van der Waals surface area contributed by atoms with Crippen LogP contribution < -0.4 is 10.1 Å². The van der Waals surface area contributed by atoms with Gasteiger partial charge in [0.1, 0.15) is 17.2 Å². The third-order valence-electron chi connectivity index (χ3n) is 5.48. The number of benzene rings is 1. The molecule has 170 valence electrons. The first-order chi connectivity index (χ1) is 15.9. The number of anilines is 1. The summed E-state index contributed by atoms with van der Waals surface area (Å²) in [5.74, 6) is 1.25. The number of likely N-dealkylation sites (tertiary alicyclic amines) is 1. The molecule has 0 aliphatic carbocycles. The third-order valence-corrected chi connectivity index (χ3v) is 5.48. The smallest absolute Gasteiger partial charge is 0.274 e. The van der Waals surface area contributed by atoms with Crippen molar-refractivity contribution in [3.63, 3.8) is 0 Å². The Morgan fingerprint density at radius 2 is 1.82 bits per heavy atom. The number of hydrogen-bond acceptors (Lipinski definition) is 6. The van der Waals surface area contributed by atoms with Gasteiger partial charge in [-0.2, -0.15) is 0 Å². The Morgan fingerprint density at radius 3 is 2.52 bits per heavy atom. The quantitative estimate of drug-likeness (QED) is 0.630. The Morgan fingerprint density at radius 1 is 1.03 bits per heavy atom. The molecule has 4 rings (SSSR count). The van der Waals surface area contributed by atoms with Crippen molar-refractivity contribution in [2.45, 2.75) is 39.5 Å². The van der Waals surface area contributed by atoms with Crippen LogP contribution in [0.25, 0.3) is 0 Å². The van der Waals surface area contributed by atoms with Gasteiger partial charge in [0.25, 0.3) is 5.91 Å². The van der Waals surface area contributed by atoms with Crippen LogP contribution in [0.15, 0.2) is 48.8 Å². The van der Waals surface area contributed by atoms with Crippen LogP contribution in [0.5, 0.6) is 11.5 Å². The molecule has 0 saturated carbocycles. The van der Waals surface area contributed by atoms with Crippen molar-refractivity contribution in [2.75, 3.05) is 18.4 Å². The lowest BCUT2D eigenvalue weighted by Crippen LogP contribution is -2.39. The van der Waals surface area contributed by atoms with Gasteiger partial charge in [0.15, 0.2) is 0 Å². The monoisotopic (exact) mass is 445 g/mol. The summed E-state index contributed by atoms with van der Waals surface area (Å²) in [5, 5.41) is 2.74. The number of carbonyl (C=O) groups is 2. The number of piperidine rings is 1. The fourth-order valence-corrected chi connectivity index (χ4v) is 3.94. The zero-order chi connectivity index (χ0) is 23.4. The predicted octanol–water partition coefficient (Wildman–Crippen LogP) is 4.26. The molecular weight excluding hydrogens is 418 g/mol. The summed E-state index contributed by atoms with van der Waals surface area (Å²) in [6.07, 6.45) is 5.00. The number of hydrogen-bond donors (Lipinski definition) is 1. The topological polar surface area (TPSA) is 97.3 Å². The second-order valence-electron chi connectivity index (χ2n) is 8.31. The maximum absolute atomic E-state index is 12.9. The van der Waals surface area contributed by atoms with Crippen molar-refractivity contribution >= 4 is 17.5 Å². The lowest BCUT2D eigenvalue weighted by atomic mass is 9.93. The highest BCUT2D eigenvalue weighted by Crippen LogP contribution is 2.31. The van der Waals surface area contributed by atoms with Gasteiger partial charge in [-0.15, -0.1) is 0 Å². The molecule has 1 atom stereocenters. The van der Waals surface area contributed by atoms with Crippen LogP contribution in [0.4, 0.5) is 5.69 Å². The van der Waals surface area contributed by atoms with E-state index in [4.69, 9.17) is 9.72 Å². The minimum atomic E-state index is -0.118. The molecule has 2 amide bonds. The fourth-order valence-electron chi connectivity index (χ4n) is 3.94. The van der Waals surface area contributed by atoms with Gasteiger partial charge in [-0.25, -0.2) is 4.98 Å². The number of pyridine rings is 1. The number of aryl methyl sites for hydroxylation is 2. The number of amides is 2. The minimum absolute atomic E-state index is 0.101. The summed E-state index contributed by atoms with van der Waals surface area (Å²) in [6, 6.07) is 11.0. The highest BCUT2D eigenvalue weighted by Gasteiger charge is 2.27. The van der Waals surface area contributed by atoms with Gasteiger partial charge >= 0.3 is 0 Å². The molecule has 0 spiro atoms. The molecule has 8 nitrogen and oxygen atoms in total. The van der Waals surface area contributed by atoms with E-state index in [-0.39, 0.29) is 17.7 Å². The van der Waals surface area contributed by atoms with Gasteiger partial charge < -0.3 is 15.0 Å². The molecule has 1 aliphatic rings. The average Bonchev–Trinajstić information content (AvgIpc) is 2.80. The first-order valence-electron chi connectivity index (χ1n) is 11.0. The van der Waals surface area contributed by atoms with E-state index in [1.807, 2.05) is 43.0 Å². The fraction of sp³-hybridized carbons (Fsp3) is 0.320. The number of nitrogens with zero attached hydrogens (tertiary/aromatic N) is 4. The van der Waals surface area contributed by atoms with Crippen molar-refractivity contribution < 1.29 is 14.3 Å². The first-order valence-corrected chi connectivity index (χ1v) is 11.0. The van der Waals surface area contributed by atoms with Gasteiger partial charge in [0.05, 0.1) is 11.9 Å². The number of ether oxygens (including phenoxy) is 1. The van der Waals surface area contributed by atoms with Crippen LogP contribution in [0.3, 0.4) is 0 Å². The van der Waals surface area contributed by atoms with Gasteiger partial charge in [-0.05, 0) is 51.0 Å². The minimum Gasteiger partial charge on any atom is -0.457 e. The summed E-state index contributed by atoms with van der Waals surface area (Å²) in [5.41, 5.74) is 3.62. The van der Waals surface area contributed by atoms with Crippen molar-refractivity contribution in [1.29, 1.82) is 0 Å². The van der Waals surface area contributed by atoms with Crippen molar-refractivity contribution in [3.8, 4) is 11.5 Å². The Labute approximate surface area is 193 Å². The lowest BCUT2D eigenvalue weighted by Gasteiger charge is -2.32. The normalized spacial score (nSPS) is 15.7. The van der Waals surface area contributed by atoms with Crippen LogP contribution >= 0.6 is 0 Å². The highest BCUT2D eigenvalue weighted by molar-refractivity contribution is 5.92. The Bertz CT molecular complexity index is 1150. The second-order valence-corrected chi connectivity index (χ2v) is 8.31. The average molecular weight is 446 g/mol. The summed E-state index contributed by atoms with van der Waals surface area (Å²) >= 11 is 0. The molecule has 1 N–H and O–H groups in total. The summed E-state index contributed by atoms with van der Waals surface area (Å²) in [6.45, 7) is 6.53. The molecule has 0 bridgehead atoms. The van der Waals surface area contributed by atoms with E-state index in [2.05, 4.69) is 15.3 Å². The van der Waals surface area contributed by atoms with Crippen LogP contribution in [0.2, 0.25) is 0 Å². The van der Waals surface area contributed by atoms with Gasteiger partial charge in [-0.3, -0.25) is 19.6 Å². The number of aromatic nitrogens is 3. The van der Waals surface area contributed by atoms with E-state index in [0.29, 0.717) is 36.0 Å². The standard InChI is InChI=1S/C25H27N5O3/c1-16-11-22(33-21-8-6-20(7-9-21)29-18(3)31)12-23(28-16)19-5-4-10-30(15-19)25(32)24-14-26-17(2)13-27-24/h6-9,11-14,19H,4-5,10,15H2,1-3H3,(H,29,31)/t19-/m1/s1. The summed E-state index contributed by atoms with van der Waals surface area (Å²) in [7, 11) is 0. The Kier molecular flexibility index (Phi) is 6.63. The molecule has 1 aromatic carbocycles. The molecule has 33 heavy (non-hydrogen) atoms. The van der Waals surface area contributed by atoms with E-state index in [9.17, 15) is 9.59 Å². The Balaban J connectivity index is 1.48. The van der Waals surface area contributed by atoms with Crippen LogP contribution in [0, 0.1) is 13.8 Å². The van der Waals surface area contributed by atoms with E-state index in [0.717, 1.165) is 29.9 Å². The molecule has 0 unspecified atom stereocenters. The molecular formula is C25H27N5O3. The van der Waals surface area contributed by atoms with Crippen molar-refractivity contribution in [1.82, 2.24) is 19.9 Å². The van der Waals surface area contributed by atoms with Gasteiger partial charge in [0, 0.05) is 61.3 Å². The zero-order valence-electron chi connectivity index (χ0n) is 19.0. The lowest BCUT2D eigenvalue weighted by molar-refractivity contribution is -0.114. The molecule has 1 fully saturated rings. The van der Waals surface area contributed by atoms with Crippen LogP contribution in [-0.2, 0) is 4.79 Å². The maximum atomic E-state index is 12.9.